The predicted octanol–water partition coefficient (Wildman–Crippen LogP) is 2.63. The number of hydrogen-bond acceptors (Lipinski definition) is 4. The summed E-state index contributed by atoms with van der Waals surface area (Å²) in [5.41, 5.74) is -1.00. The first-order valence-corrected chi connectivity index (χ1v) is 8.84. The molecule has 0 spiro atoms. The third-order valence-corrected chi connectivity index (χ3v) is 5.86. The van der Waals surface area contributed by atoms with Gasteiger partial charge in [-0.15, -0.1) is 0 Å². The summed E-state index contributed by atoms with van der Waals surface area (Å²) in [7, 11) is 0. The van der Waals surface area contributed by atoms with Crippen molar-refractivity contribution < 1.29 is 18.0 Å². The largest absolute Gasteiger partial charge is 0.434 e. The number of fused-ring (bicyclic) bond motifs is 2. The van der Waals surface area contributed by atoms with Gasteiger partial charge in [-0.05, 0) is 37.5 Å². The summed E-state index contributed by atoms with van der Waals surface area (Å²) < 4.78 is 38.3. The van der Waals surface area contributed by atoms with Crippen LogP contribution in [0.1, 0.15) is 37.8 Å². The van der Waals surface area contributed by atoms with Gasteiger partial charge in [0.1, 0.15) is 5.82 Å². The highest BCUT2D eigenvalue weighted by Crippen LogP contribution is 2.44. The maximum absolute atomic E-state index is 12.8. The number of anilines is 1. The summed E-state index contributed by atoms with van der Waals surface area (Å²) in [5, 5.41) is 3.18. The lowest BCUT2D eigenvalue weighted by molar-refractivity contribution is -0.141. The molecule has 0 unspecified atom stereocenters. The number of nitrogens with one attached hydrogen (secondary N) is 1. The number of rotatable bonds is 3. The second kappa shape index (κ2) is 6.14. The first-order valence-electron chi connectivity index (χ1n) is 8.84. The van der Waals surface area contributed by atoms with E-state index in [4.69, 9.17) is 0 Å². The molecule has 1 aromatic rings. The Balaban J connectivity index is 1.37. The number of aromatic nitrogens is 2. The van der Waals surface area contributed by atoms with Crippen molar-refractivity contribution in [2.45, 2.75) is 44.3 Å². The number of halogens is 3. The van der Waals surface area contributed by atoms with Gasteiger partial charge in [-0.3, -0.25) is 9.78 Å². The van der Waals surface area contributed by atoms with E-state index < -0.39 is 11.9 Å². The van der Waals surface area contributed by atoms with Crippen molar-refractivity contribution in [2.24, 2.45) is 17.8 Å². The Labute approximate surface area is 144 Å². The molecular weight excluding hydrogens is 333 g/mol. The second-order valence-corrected chi connectivity index (χ2v) is 7.48. The average molecular weight is 354 g/mol. The fraction of sp³-hybridized carbons (Fsp3) is 0.706. The van der Waals surface area contributed by atoms with E-state index in [1.54, 1.807) is 4.90 Å². The summed E-state index contributed by atoms with van der Waals surface area (Å²) in [6.45, 7) is 0.910. The van der Waals surface area contributed by atoms with Crippen LogP contribution in [0.2, 0.25) is 0 Å². The maximum Gasteiger partial charge on any atom is 0.434 e. The Morgan fingerprint density at radius 1 is 1.20 bits per heavy atom. The van der Waals surface area contributed by atoms with Crippen molar-refractivity contribution in [3.63, 3.8) is 0 Å². The molecule has 2 aliphatic carbocycles. The van der Waals surface area contributed by atoms with Crippen LogP contribution in [0.25, 0.3) is 0 Å². The van der Waals surface area contributed by atoms with Gasteiger partial charge in [0.15, 0.2) is 5.69 Å². The van der Waals surface area contributed by atoms with Crippen LogP contribution in [0.3, 0.4) is 0 Å². The fourth-order valence-electron chi connectivity index (χ4n) is 4.55. The van der Waals surface area contributed by atoms with Crippen LogP contribution in [0.15, 0.2) is 12.4 Å². The number of nitrogens with zero attached hydrogens (tertiary/aromatic N) is 3. The Kier molecular flexibility index (Phi) is 4.08. The molecule has 2 heterocycles. The normalized spacial score (nSPS) is 31.6. The Hall–Kier alpha value is -1.86. The quantitative estimate of drug-likeness (QED) is 0.907. The molecule has 5 nitrogen and oxygen atoms in total. The summed E-state index contributed by atoms with van der Waals surface area (Å²) in [6.07, 6.45) is 2.94. The molecule has 1 aromatic heterocycles. The van der Waals surface area contributed by atoms with Gasteiger partial charge in [0.2, 0.25) is 5.91 Å². The minimum absolute atomic E-state index is 0.0278. The van der Waals surface area contributed by atoms with Crippen molar-refractivity contribution in [3.05, 3.63) is 18.1 Å². The monoisotopic (exact) mass is 354 g/mol. The van der Waals surface area contributed by atoms with Crippen LogP contribution in [-0.2, 0) is 11.0 Å². The summed E-state index contributed by atoms with van der Waals surface area (Å²) >= 11 is 0. The minimum Gasteiger partial charge on any atom is -0.355 e. The van der Waals surface area contributed by atoms with Gasteiger partial charge in [0, 0.05) is 19.1 Å². The highest BCUT2D eigenvalue weighted by atomic mass is 19.4. The molecule has 4 rings (SSSR count). The molecule has 0 aromatic carbocycles. The van der Waals surface area contributed by atoms with Gasteiger partial charge in [-0.2, -0.15) is 13.2 Å². The van der Waals surface area contributed by atoms with E-state index in [2.05, 4.69) is 15.3 Å². The van der Waals surface area contributed by atoms with E-state index in [-0.39, 0.29) is 23.7 Å². The standard InChI is InChI=1S/C17H21F3N4O/c18-17(19,20)14-7-21-8-15(23-14)24-4-3-12(9-24)16(25)22-13-6-10-1-2-11(13)5-10/h7-8,10-13H,1-6,9H2,(H,22,25)/t10-,11+,12+,13-/m1/s1. The Morgan fingerprint density at radius 3 is 2.72 bits per heavy atom. The number of carbonyl (C=O) groups is 1. The van der Waals surface area contributed by atoms with E-state index in [0.29, 0.717) is 25.4 Å². The van der Waals surface area contributed by atoms with Crippen molar-refractivity contribution in [3.8, 4) is 0 Å². The molecule has 3 aliphatic rings. The van der Waals surface area contributed by atoms with E-state index in [9.17, 15) is 18.0 Å². The van der Waals surface area contributed by atoms with Gasteiger partial charge in [-0.1, -0.05) is 6.42 Å². The topological polar surface area (TPSA) is 58.1 Å². The number of carbonyl (C=O) groups excluding carboxylic acids is 1. The second-order valence-electron chi connectivity index (χ2n) is 7.48. The Bertz CT molecular complexity index is 666. The predicted molar refractivity (Wildman–Crippen MR) is 84.7 cm³/mol. The highest BCUT2D eigenvalue weighted by Gasteiger charge is 2.41. The van der Waals surface area contributed by atoms with Gasteiger partial charge in [0.25, 0.3) is 0 Å². The highest BCUT2D eigenvalue weighted by molar-refractivity contribution is 5.80. The molecule has 1 aliphatic heterocycles. The van der Waals surface area contributed by atoms with Crippen LogP contribution < -0.4 is 10.2 Å². The van der Waals surface area contributed by atoms with Gasteiger partial charge in [0.05, 0.1) is 18.3 Å². The first kappa shape index (κ1) is 16.6. The molecule has 2 bridgehead atoms. The molecule has 136 valence electrons. The molecular formula is C17H21F3N4O. The molecule has 4 atom stereocenters. The van der Waals surface area contributed by atoms with Crippen LogP contribution in [-0.4, -0.2) is 35.0 Å². The number of hydrogen-bond donors (Lipinski definition) is 1. The number of amides is 1. The van der Waals surface area contributed by atoms with Gasteiger partial charge >= 0.3 is 6.18 Å². The van der Waals surface area contributed by atoms with Gasteiger partial charge < -0.3 is 10.2 Å². The number of alkyl halides is 3. The zero-order valence-electron chi connectivity index (χ0n) is 13.8. The van der Waals surface area contributed by atoms with Crippen LogP contribution in [0.5, 0.6) is 0 Å². The fourth-order valence-corrected chi connectivity index (χ4v) is 4.55. The SMILES string of the molecule is O=C(N[C@@H]1C[C@@H]2CC[C@H]1C2)[C@H]1CCN(c2cncc(C(F)(F)F)n2)C1. The maximum atomic E-state index is 12.8. The Morgan fingerprint density at radius 2 is 2.04 bits per heavy atom. The zero-order valence-corrected chi connectivity index (χ0v) is 13.8. The third kappa shape index (κ3) is 3.30. The van der Waals surface area contributed by atoms with E-state index in [1.807, 2.05) is 0 Å². The van der Waals surface area contributed by atoms with Crippen molar-refractivity contribution >= 4 is 11.7 Å². The summed E-state index contributed by atoms with van der Waals surface area (Å²) in [6, 6.07) is 0.286. The van der Waals surface area contributed by atoms with Gasteiger partial charge in [-0.25, -0.2) is 4.98 Å². The molecule has 3 fully saturated rings. The zero-order chi connectivity index (χ0) is 17.6. The lowest BCUT2D eigenvalue weighted by atomic mass is 9.94. The smallest absolute Gasteiger partial charge is 0.355 e. The molecule has 1 amide bonds. The average Bonchev–Trinajstić information content (AvgIpc) is 3.30. The lowest BCUT2D eigenvalue weighted by Gasteiger charge is -2.24. The summed E-state index contributed by atoms with van der Waals surface area (Å²) in [4.78, 5) is 21.6. The molecule has 1 N–H and O–H groups in total. The van der Waals surface area contributed by atoms with Crippen LogP contribution in [0.4, 0.5) is 19.0 Å². The third-order valence-electron chi connectivity index (χ3n) is 5.86. The van der Waals surface area contributed by atoms with E-state index in [1.165, 1.54) is 25.5 Å². The molecule has 0 radical (unpaired) electrons. The van der Waals surface area contributed by atoms with Crippen molar-refractivity contribution in [1.29, 1.82) is 0 Å². The molecule has 25 heavy (non-hydrogen) atoms. The van der Waals surface area contributed by atoms with Crippen LogP contribution in [0, 0.1) is 17.8 Å². The van der Waals surface area contributed by atoms with Crippen molar-refractivity contribution in [2.75, 3.05) is 18.0 Å². The van der Waals surface area contributed by atoms with E-state index in [0.717, 1.165) is 18.5 Å². The molecule has 2 saturated carbocycles. The molecule has 8 heteroatoms. The van der Waals surface area contributed by atoms with Crippen molar-refractivity contribution in [1.82, 2.24) is 15.3 Å². The lowest BCUT2D eigenvalue weighted by Crippen LogP contribution is -2.42. The molecule has 1 saturated heterocycles. The first-order chi connectivity index (χ1) is 11.9. The summed E-state index contributed by atoms with van der Waals surface area (Å²) in [5.74, 6) is 1.39. The minimum atomic E-state index is -4.51. The van der Waals surface area contributed by atoms with Crippen LogP contribution >= 0.6 is 0 Å². The van der Waals surface area contributed by atoms with E-state index >= 15 is 0 Å².